The van der Waals surface area contributed by atoms with Gasteiger partial charge >= 0.3 is 0 Å². The molecule has 0 radical (unpaired) electrons. The molecule has 1 heterocycles. The largest absolute Gasteiger partial charge is 0.310 e. The molecule has 0 saturated carbocycles. The van der Waals surface area contributed by atoms with E-state index in [1.165, 1.54) is 73.4 Å². The molecule has 2 aliphatic rings. The van der Waals surface area contributed by atoms with E-state index in [0.29, 0.717) is 0 Å². The minimum absolute atomic E-state index is 0.0143. The SMILES string of the molecule is Cc1cc(N(c2cccc(N(c3ccccc3)c3ccccc3)c2)c2ccc3c(c2)C(C)(C)CCC3(C)C)cc(N(c2ccc3c(c2)C(C)(C)CCC3(C)C)c2csc3ccc(C(C)(C)C)cc23)c1. The first-order valence-electron chi connectivity index (χ1n) is 25.2. The van der Waals surface area contributed by atoms with Gasteiger partial charge in [0.25, 0.3) is 0 Å². The topological polar surface area (TPSA) is 9.72 Å². The van der Waals surface area contributed by atoms with E-state index in [0.717, 1.165) is 47.0 Å². The van der Waals surface area contributed by atoms with Crippen LogP contribution in [-0.2, 0) is 27.1 Å². The van der Waals surface area contributed by atoms with E-state index in [4.69, 9.17) is 0 Å². The third kappa shape index (κ3) is 8.69. The first kappa shape index (κ1) is 46.6. The zero-order valence-electron chi connectivity index (χ0n) is 43.2. The first-order valence-corrected chi connectivity index (χ1v) is 26.1. The van der Waals surface area contributed by atoms with Crippen molar-refractivity contribution in [3.05, 3.63) is 196 Å². The normalized spacial score (nSPS) is 16.6. The van der Waals surface area contributed by atoms with Crippen molar-refractivity contribution in [2.24, 2.45) is 0 Å². The van der Waals surface area contributed by atoms with Crippen molar-refractivity contribution in [1.29, 1.82) is 0 Å². The summed E-state index contributed by atoms with van der Waals surface area (Å²) in [5.41, 5.74) is 19.0. The number of thiophene rings is 1. The third-order valence-corrected chi connectivity index (χ3v) is 16.7. The summed E-state index contributed by atoms with van der Waals surface area (Å²) < 4.78 is 1.30. The summed E-state index contributed by atoms with van der Waals surface area (Å²) in [4.78, 5) is 7.46. The predicted octanol–water partition coefficient (Wildman–Crippen LogP) is 19.6. The zero-order valence-corrected chi connectivity index (χ0v) is 44.0. The van der Waals surface area contributed by atoms with E-state index in [1.54, 1.807) is 0 Å². The second-order valence-corrected chi connectivity index (χ2v) is 24.7. The number of rotatable bonds is 9. The number of benzene rings is 7. The maximum absolute atomic E-state index is 2.57. The van der Waals surface area contributed by atoms with Crippen LogP contribution in [-0.4, -0.2) is 0 Å². The highest BCUT2D eigenvalue weighted by molar-refractivity contribution is 7.17. The number of hydrogen-bond acceptors (Lipinski definition) is 4. The highest BCUT2D eigenvalue weighted by Crippen LogP contribution is 2.52. The number of anilines is 9. The molecule has 3 nitrogen and oxygen atoms in total. The van der Waals surface area contributed by atoms with Crippen molar-refractivity contribution >= 4 is 72.6 Å². The molecule has 69 heavy (non-hydrogen) atoms. The van der Waals surface area contributed by atoms with Gasteiger partial charge in [-0.25, -0.2) is 0 Å². The maximum Gasteiger partial charge on any atom is 0.0647 e. The summed E-state index contributed by atoms with van der Waals surface area (Å²) in [6, 6.07) is 59.7. The molecule has 4 heteroatoms. The quantitative estimate of drug-likeness (QED) is 0.143. The highest BCUT2D eigenvalue weighted by atomic mass is 32.1. The Labute approximate surface area is 417 Å². The molecule has 0 aliphatic heterocycles. The van der Waals surface area contributed by atoms with Gasteiger partial charge in [-0.15, -0.1) is 11.3 Å². The van der Waals surface area contributed by atoms with Gasteiger partial charge in [-0.05, 0) is 190 Å². The van der Waals surface area contributed by atoms with Crippen LogP contribution in [0.2, 0.25) is 0 Å². The molecule has 8 aromatic rings. The Bertz CT molecular complexity index is 3140. The summed E-state index contributed by atoms with van der Waals surface area (Å²) in [6.07, 6.45) is 4.68. The lowest BCUT2D eigenvalue weighted by molar-refractivity contribution is 0.332. The number of aryl methyl sites for hydroxylation is 1. The van der Waals surface area contributed by atoms with Crippen LogP contribution in [0.25, 0.3) is 10.1 Å². The zero-order chi connectivity index (χ0) is 48.7. The Morgan fingerprint density at radius 2 is 0.812 bits per heavy atom. The minimum atomic E-state index is 0.0143. The molecule has 352 valence electrons. The number of fused-ring (bicyclic) bond motifs is 3. The second kappa shape index (κ2) is 17.1. The molecular weight excluding hydrogens is 855 g/mol. The molecule has 10 rings (SSSR count). The Morgan fingerprint density at radius 3 is 1.32 bits per heavy atom. The summed E-state index contributed by atoms with van der Waals surface area (Å²) in [7, 11) is 0. The molecule has 0 atom stereocenters. The van der Waals surface area contributed by atoms with Crippen molar-refractivity contribution in [2.45, 2.75) is 136 Å². The van der Waals surface area contributed by atoms with Crippen LogP contribution < -0.4 is 14.7 Å². The van der Waals surface area contributed by atoms with Gasteiger partial charge in [0.15, 0.2) is 0 Å². The third-order valence-electron chi connectivity index (χ3n) is 15.8. The summed E-state index contributed by atoms with van der Waals surface area (Å²) in [6.45, 7) is 28.7. The lowest BCUT2D eigenvalue weighted by atomic mass is 9.63. The van der Waals surface area contributed by atoms with Crippen LogP contribution in [0.5, 0.6) is 0 Å². The molecule has 1 aromatic heterocycles. The molecule has 2 aliphatic carbocycles. The van der Waals surface area contributed by atoms with Crippen molar-refractivity contribution in [1.82, 2.24) is 0 Å². The van der Waals surface area contributed by atoms with Gasteiger partial charge in [0.05, 0.1) is 5.69 Å². The van der Waals surface area contributed by atoms with E-state index in [2.05, 4.69) is 261 Å². The van der Waals surface area contributed by atoms with E-state index >= 15 is 0 Å². The molecule has 0 saturated heterocycles. The molecule has 0 fully saturated rings. The molecule has 7 aromatic carbocycles. The van der Waals surface area contributed by atoms with Crippen molar-refractivity contribution < 1.29 is 0 Å². The van der Waals surface area contributed by atoms with Gasteiger partial charge < -0.3 is 14.7 Å². The van der Waals surface area contributed by atoms with Gasteiger partial charge in [-0.3, -0.25) is 0 Å². The highest BCUT2D eigenvalue weighted by Gasteiger charge is 2.39. The van der Waals surface area contributed by atoms with Crippen LogP contribution in [0.1, 0.15) is 135 Å². The van der Waals surface area contributed by atoms with Crippen LogP contribution in [0.3, 0.4) is 0 Å². The second-order valence-electron chi connectivity index (χ2n) is 23.8. The summed E-state index contributed by atoms with van der Waals surface area (Å²) >= 11 is 1.84. The molecule has 0 bridgehead atoms. The van der Waals surface area contributed by atoms with Crippen molar-refractivity contribution in [2.75, 3.05) is 14.7 Å². The minimum Gasteiger partial charge on any atom is -0.310 e. The van der Waals surface area contributed by atoms with Crippen LogP contribution in [0, 0.1) is 6.92 Å². The number of para-hydroxylation sites is 2. The lowest BCUT2D eigenvalue weighted by Gasteiger charge is -2.42. The van der Waals surface area contributed by atoms with E-state index in [-0.39, 0.29) is 27.1 Å². The van der Waals surface area contributed by atoms with E-state index in [9.17, 15) is 0 Å². The van der Waals surface area contributed by atoms with Gasteiger partial charge in [0.1, 0.15) is 0 Å². The van der Waals surface area contributed by atoms with Crippen LogP contribution in [0.15, 0.2) is 163 Å². The average Bonchev–Trinajstić information content (AvgIpc) is 3.73. The Morgan fingerprint density at radius 1 is 0.391 bits per heavy atom. The van der Waals surface area contributed by atoms with Gasteiger partial charge in [0.2, 0.25) is 0 Å². The Kier molecular flexibility index (Phi) is 11.5. The number of nitrogens with zero attached hydrogens (tertiary/aromatic N) is 3. The fourth-order valence-corrected chi connectivity index (χ4v) is 12.2. The molecular formula is C65H71N3S. The summed E-state index contributed by atoms with van der Waals surface area (Å²) in [5.74, 6) is 0. The average molecular weight is 926 g/mol. The fraction of sp³-hybridized carbons (Fsp3) is 0.323. The van der Waals surface area contributed by atoms with E-state index < -0.39 is 0 Å². The molecule has 0 N–H and O–H groups in total. The number of hydrogen-bond donors (Lipinski definition) is 0. The first-order chi connectivity index (χ1) is 32.7. The Hall–Kier alpha value is -6.10. The van der Waals surface area contributed by atoms with Crippen LogP contribution in [0.4, 0.5) is 51.2 Å². The summed E-state index contributed by atoms with van der Waals surface area (Å²) in [5, 5.41) is 3.68. The van der Waals surface area contributed by atoms with Gasteiger partial charge in [-0.1, -0.05) is 137 Å². The fourth-order valence-electron chi connectivity index (χ4n) is 11.3. The lowest BCUT2D eigenvalue weighted by Crippen LogP contribution is -2.34. The van der Waals surface area contributed by atoms with Crippen LogP contribution >= 0.6 is 11.3 Å². The predicted molar refractivity (Wildman–Crippen MR) is 300 cm³/mol. The monoisotopic (exact) mass is 926 g/mol. The molecule has 0 spiro atoms. The smallest absolute Gasteiger partial charge is 0.0647 e. The standard InChI is InChI=1S/C65H71N3S/c1-44-36-52(40-53(37-44)68(59-43-69-60-31-26-45(38-54(59)60)61(2,3)4)51-28-30-56-58(42-51)65(11,12)35-33-63(56,7)8)67(50-27-29-55-57(41-50)64(9,10)34-32-62(55,5)6)49-25-19-24-48(39-49)66(46-20-15-13-16-21-46)47-22-17-14-18-23-47/h13-31,36-43H,32-35H2,1-12H3. The Balaban J connectivity index is 1.22. The van der Waals surface area contributed by atoms with Crippen molar-refractivity contribution in [3.63, 3.8) is 0 Å². The van der Waals surface area contributed by atoms with Gasteiger partial charge in [0, 0.05) is 61.0 Å². The van der Waals surface area contributed by atoms with Crippen molar-refractivity contribution in [3.8, 4) is 0 Å². The van der Waals surface area contributed by atoms with E-state index in [1.807, 2.05) is 11.3 Å². The van der Waals surface area contributed by atoms with Gasteiger partial charge in [-0.2, -0.15) is 0 Å². The maximum atomic E-state index is 2.57. The molecule has 0 unspecified atom stereocenters. The molecule has 0 amide bonds.